The largest absolute Gasteiger partial charge is 0.351 e. The van der Waals surface area contributed by atoms with Gasteiger partial charge in [-0.2, -0.15) is 0 Å². The Morgan fingerprint density at radius 3 is 2.56 bits per heavy atom. The van der Waals surface area contributed by atoms with Crippen molar-refractivity contribution in [1.82, 2.24) is 5.32 Å². The van der Waals surface area contributed by atoms with E-state index in [9.17, 15) is 4.79 Å². The summed E-state index contributed by atoms with van der Waals surface area (Å²) in [6.45, 7) is 2.05. The summed E-state index contributed by atoms with van der Waals surface area (Å²) in [5.74, 6) is 0.0237. The van der Waals surface area contributed by atoms with Crippen molar-refractivity contribution in [3.63, 3.8) is 0 Å². The maximum Gasteiger partial charge on any atom is 0.225 e. The van der Waals surface area contributed by atoms with Gasteiger partial charge in [-0.15, -0.1) is 0 Å². The van der Waals surface area contributed by atoms with Gasteiger partial charge in [-0.1, -0.05) is 37.3 Å². The minimum Gasteiger partial charge on any atom is -0.351 e. The molecule has 1 saturated heterocycles. The van der Waals surface area contributed by atoms with Crippen LogP contribution in [0.25, 0.3) is 0 Å². The second-order valence-electron chi connectivity index (χ2n) is 4.40. The Kier molecular flexibility index (Phi) is 3.25. The third kappa shape index (κ3) is 2.09. The molecule has 1 aromatic rings. The molecule has 1 heterocycles. The first-order chi connectivity index (χ1) is 7.72. The van der Waals surface area contributed by atoms with Crippen molar-refractivity contribution in [3.8, 4) is 0 Å². The van der Waals surface area contributed by atoms with Crippen LogP contribution in [0.5, 0.6) is 0 Å². The van der Waals surface area contributed by atoms with Crippen LogP contribution in [0.2, 0.25) is 0 Å². The third-order valence-corrected chi connectivity index (χ3v) is 3.33. The number of carbonyl (C=O) groups excluding carboxylic acids is 1. The minimum atomic E-state index is -0.0765. The summed E-state index contributed by atoms with van der Waals surface area (Å²) in [5.41, 5.74) is 7.26. The molecular formula is C13H18N2O. The lowest BCUT2D eigenvalue weighted by Gasteiger charge is -2.16. The number of rotatable bonds is 3. The fraction of sp³-hybridized carbons (Fsp3) is 0.462. The van der Waals surface area contributed by atoms with E-state index in [1.807, 2.05) is 30.3 Å². The molecule has 0 spiro atoms. The summed E-state index contributed by atoms with van der Waals surface area (Å²) >= 11 is 0. The Labute approximate surface area is 96.0 Å². The Bertz CT molecular complexity index is 363. The van der Waals surface area contributed by atoms with E-state index in [2.05, 4.69) is 12.2 Å². The number of benzene rings is 1. The normalized spacial score (nSPS) is 29.1. The predicted octanol–water partition coefficient (Wildman–Crippen LogP) is 1.08. The highest BCUT2D eigenvalue weighted by Gasteiger charge is 2.38. The van der Waals surface area contributed by atoms with Crippen molar-refractivity contribution in [1.29, 1.82) is 0 Å². The van der Waals surface area contributed by atoms with E-state index in [4.69, 9.17) is 5.73 Å². The number of carbonyl (C=O) groups is 1. The SMILES string of the molecule is CCC1NC(=O)C(Cc2ccccc2)[C@@H]1N. The molecule has 1 aliphatic rings. The molecular weight excluding hydrogens is 200 g/mol. The maximum absolute atomic E-state index is 11.8. The van der Waals surface area contributed by atoms with Gasteiger partial charge in [-0.3, -0.25) is 4.79 Å². The van der Waals surface area contributed by atoms with Gasteiger partial charge < -0.3 is 11.1 Å². The fourth-order valence-corrected chi connectivity index (χ4v) is 2.31. The van der Waals surface area contributed by atoms with Crippen molar-refractivity contribution in [2.75, 3.05) is 0 Å². The zero-order valence-electron chi connectivity index (χ0n) is 9.52. The fourth-order valence-electron chi connectivity index (χ4n) is 2.31. The summed E-state index contributed by atoms with van der Waals surface area (Å²) in [6.07, 6.45) is 1.64. The molecule has 0 saturated carbocycles. The molecule has 86 valence electrons. The third-order valence-electron chi connectivity index (χ3n) is 3.33. The van der Waals surface area contributed by atoms with Crippen LogP contribution in [-0.4, -0.2) is 18.0 Å². The maximum atomic E-state index is 11.8. The second kappa shape index (κ2) is 4.66. The highest BCUT2D eigenvalue weighted by Crippen LogP contribution is 2.21. The van der Waals surface area contributed by atoms with E-state index in [0.717, 1.165) is 12.8 Å². The van der Waals surface area contributed by atoms with Gasteiger partial charge in [0.2, 0.25) is 5.91 Å². The van der Waals surface area contributed by atoms with Crippen LogP contribution < -0.4 is 11.1 Å². The van der Waals surface area contributed by atoms with Crippen LogP contribution in [0.3, 0.4) is 0 Å². The summed E-state index contributed by atoms with van der Waals surface area (Å²) < 4.78 is 0. The Balaban J connectivity index is 2.08. The van der Waals surface area contributed by atoms with Crippen LogP contribution in [0.1, 0.15) is 18.9 Å². The number of hydrogen-bond acceptors (Lipinski definition) is 2. The van der Waals surface area contributed by atoms with Gasteiger partial charge in [0.15, 0.2) is 0 Å². The number of nitrogens with two attached hydrogens (primary N) is 1. The Morgan fingerprint density at radius 1 is 1.31 bits per heavy atom. The first kappa shape index (κ1) is 11.1. The zero-order valence-corrected chi connectivity index (χ0v) is 9.52. The number of nitrogens with one attached hydrogen (secondary N) is 1. The van der Waals surface area contributed by atoms with Gasteiger partial charge in [-0.25, -0.2) is 0 Å². The van der Waals surface area contributed by atoms with Crippen molar-refractivity contribution in [2.24, 2.45) is 11.7 Å². The average molecular weight is 218 g/mol. The first-order valence-corrected chi connectivity index (χ1v) is 5.82. The molecule has 3 nitrogen and oxygen atoms in total. The second-order valence-corrected chi connectivity index (χ2v) is 4.40. The van der Waals surface area contributed by atoms with Crippen LogP contribution in [0.15, 0.2) is 30.3 Å². The lowest BCUT2D eigenvalue weighted by Crippen LogP contribution is -2.38. The van der Waals surface area contributed by atoms with Crippen molar-refractivity contribution < 1.29 is 4.79 Å². The van der Waals surface area contributed by atoms with Gasteiger partial charge in [0.25, 0.3) is 0 Å². The van der Waals surface area contributed by atoms with E-state index in [-0.39, 0.29) is 23.9 Å². The Morgan fingerprint density at radius 2 is 2.00 bits per heavy atom. The van der Waals surface area contributed by atoms with Gasteiger partial charge in [0.1, 0.15) is 0 Å². The molecule has 2 rings (SSSR count). The van der Waals surface area contributed by atoms with Gasteiger partial charge in [0, 0.05) is 12.1 Å². The molecule has 1 aliphatic heterocycles. The van der Waals surface area contributed by atoms with Crippen LogP contribution in [0, 0.1) is 5.92 Å². The monoisotopic (exact) mass is 218 g/mol. The molecule has 3 heteroatoms. The van der Waals surface area contributed by atoms with Gasteiger partial charge in [0.05, 0.1) is 5.92 Å². The van der Waals surface area contributed by atoms with E-state index >= 15 is 0 Å². The van der Waals surface area contributed by atoms with Crippen molar-refractivity contribution in [2.45, 2.75) is 31.8 Å². The lowest BCUT2D eigenvalue weighted by molar-refractivity contribution is -0.122. The van der Waals surface area contributed by atoms with E-state index in [1.54, 1.807) is 0 Å². The van der Waals surface area contributed by atoms with Crippen LogP contribution in [-0.2, 0) is 11.2 Å². The van der Waals surface area contributed by atoms with Gasteiger partial charge >= 0.3 is 0 Å². The predicted molar refractivity (Wildman–Crippen MR) is 63.8 cm³/mol. The van der Waals surface area contributed by atoms with Crippen molar-refractivity contribution in [3.05, 3.63) is 35.9 Å². The highest BCUT2D eigenvalue weighted by molar-refractivity contribution is 5.82. The van der Waals surface area contributed by atoms with Crippen LogP contribution in [0.4, 0.5) is 0 Å². The lowest BCUT2D eigenvalue weighted by atomic mass is 9.91. The molecule has 1 amide bonds. The standard InChI is InChI=1S/C13H18N2O/c1-2-11-12(14)10(13(16)15-11)8-9-6-4-3-5-7-9/h3-7,10-12H,2,8,14H2,1H3,(H,15,16)/t10?,11?,12-/m0/s1. The van der Waals surface area contributed by atoms with E-state index in [1.165, 1.54) is 5.56 Å². The molecule has 0 bridgehead atoms. The summed E-state index contributed by atoms with van der Waals surface area (Å²) in [6, 6.07) is 10.1. The van der Waals surface area contributed by atoms with Gasteiger partial charge in [-0.05, 0) is 18.4 Å². The quantitative estimate of drug-likeness (QED) is 0.797. The molecule has 0 aromatic heterocycles. The summed E-state index contributed by atoms with van der Waals surface area (Å²) in [5, 5.41) is 2.96. The number of hydrogen-bond donors (Lipinski definition) is 2. The highest BCUT2D eigenvalue weighted by atomic mass is 16.2. The molecule has 3 atom stereocenters. The molecule has 2 unspecified atom stereocenters. The molecule has 1 aromatic carbocycles. The molecule has 1 fully saturated rings. The summed E-state index contributed by atoms with van der Waals surface area (Å²) in [7, 11) is 0. The van der Waals surface area contributed by atoms with Crippen molar-refractivity contribution >= 4 is 5.91 Å². The molecule has 16 heavy (non-hydrogen) atoms. The smallest absolute Gasteiger partial charge is 0.225 e. The molecule has 0 aliphatic carbocycles. The van der Waals surface area contributed by atoms with Crippen LogP contribution >= 0.6 is 0 Å². The Hall–Kier alpha value is -1.35. The minimum absolute atomic E-state index is 0.0577. The molecule has 3 N–H and O–H groups in total. The molecule has 0 radical (unpaired) electrons. The van der Waals surface area contributed by atoms with E-state index < -0.39 is 0 Å². The number of amides is 1. The average Bonchev–Trinajstić information content (AvgIpc) is 2.58. The zero-order chi connectivity index (χ0) is 11.5. The summed E-state index contributed by atoms with van der Waals surface area (Å²) in [4.78, 5) is 11.8. The first-order valence-electron chi connectivity index (χ1n) is 5.82. The van der Waals surface area contributed by atoms with E-state index in [0.29, 0.717) is 0 Å². The topological polar surface area (TPSA) is 55.1 Å².